The fourth-order valence-electron chi connectivity index (χ4n) is 3.77. The molecule has 1 aliphatic carbocycles. The van der Waals surface area contributed by atoms with Gasteiger partial charge in [0.1, 0.15) is 6.54 Å². The molecule has 0 saturated heterocycles. The molecule has 0 unspecified atom stereocenters. The second-order valence-corrected chi connectivity index (χ2v) is 9.37. The van der Waals surface area contributed by atoms with Crippen molar-refractivity contribution in [3.8, 4) is 0 Å². The standard InChI is InChI=1S/C17H26N4O4S/c1-12-5-3-4-6-14(12)19-16(22)10-20-11-18-15-9-21(26(2,24)25)8-7-13(15)17(20)23/h11-12,14H,3-10H2,1-2H3,(H,19,22)/t12-,14+/m0/s1. The van der Waals surface area contributed by atoms with Gasteiger partial charge in [-0.15, -0.1) is 0 Å². The first-order chi connectivity index (χ1) is 12.3. The van der Waals surface area contributed by atoms with Crippen molar-refractivity contribution in [1.29, 1.82) is 0 Å². The molecule has 2 atom stereocenters. The van der Waals surface area contributed by atoms with Crippen LogP contribution in [0.25, 0.3) is 0 Å². The zero-order valence-corrected chi connectivity index (χ0v) is 16.1. The Bertz CT molecular complexity index is 849. The van der Waals surface area contributed by atoms with Gasteiger partial charge in [-0.3, -0.25) is 14.2 Å². The Labute approximate surface area is 153 Å². The summed E-state index contributed by atoms with van der Waals surface area (Å²) in [6.07, 6.45) is 7.22. The molecule has 1 fully saturated rings. The van der Waals surface area contributed by atoms with Crippen molar-refractivity contribution < 1.29 is 13.2 Å². The summed E-state index contributed by atoms with van der Waals surface area (Å²) in [6.45, 7) is 2.46. The van der Waals surface area contributed by atoms with E-state index in [0.717, 1.165) is 25.5 Å². The van der Waals surface area contributed by atoms with Crippen molar-refractivity contribution in [3.05, 3.63) is 27.9 Å². The molecule has 8 nitrogen and oxygen atoms in total. The molecule has 1 aromatic heterocycles. The third-order valence-corrected chi connectivity index (χ3v) is 6.65. The molecule has 2 aliphatic rings. The van der Waals surface area contributed by atoms with Crippen molar-refractivity contribution in [2.24, 2.45) is 5.92 Å². The number of amides is 1. The van der Waals surface area contributed by atoms with E-state index in [1.54, 1.807) is 0 Å². The van der Waals surface area contributed by atoms with Gasteiger partial charge in [0.25, 0.3) is 5.56 Å². The van der Waals surface area contributed by atoms with Crippen LogP contribution in [0.5, 0.6) is 0 Å². The van der Waals surface area contributed by atoms with Crippen LogP contribution in [0.3, 0.4) is 0 Å². The van der Waals surface area contributed by atoms with E-state index in [1.165, 1.54) is 21.6 Å². The van der Waals surface area contributed by atoms with Gasteiger partial charge in [0.05, 0.1) is 24.8 Å². The molecule has 26 heavy (non-hydrogen) atoms. The molecule has 0 aromatic carbocycles. The van der Waals surface area contributed by atoms with E-state index in [1.807, 2.05) is 0 Å². The predicted molar refractivity (Wildman–Crippen MR) is 97.0 cm³/mol. The summed E-state index contributed by atoms with van der Waals surface area (Å²) in [5.41, 5.74) is 0.727. The van der Waals surface area contributed by atoms with E-state index >= 15 is 0 Å². The number of nitrogens with zero attached hydrogens (tertiary/aromatic N) is 3. The van der Waals surface area contributed by atoms with Crippen LogP contribution in [-0.4, -0.2) is 47.0 Å². The van der Waals surface area contributed by atoms with Crippen LogP contribution in [0.1, 0.15) is 43.9 Å². The van der Waals surface area contributed by atoms with Crippen LogP contribution in [0.2, 0.25) is 0 Å². The fraction of sp³-hybridized carbons (Fsp3) is 0.706. The van der Waals surface area contributed by atoms with Gasteiger partial charge in [-0.25, -0.2) is 13.4 Å². The van der Waals surface area contributed by atoms with E-state index in [-0.39, 0.29) is 37.1 Å². The number of aromatic nitrogens is 2. The van der Waals surface area contributed by atoms with Gasteiger partial charge in [0, 0.05) is 18.2 Å². The largest absolute Gasteiger partial charge is 0.352 e. The normalized spacial score (nSPS) is 24.1. The molecule has 0 radical (unpaired) electrons. The van der Waals surface area contributed by atoms with E-state index in [4.69, 9.17) is 0 Å². The minimum Gasteiger partial charge on any atom is -0.352 e. The number of fused-ring (bicyclic) bond motifs is 1. The highest BCUT2D eigenvalue weighted by Crippen LogP contribution is 2.23. The second-order valence-electron chi connectivity index (χ2n) is 7.39. The predicted octanol–water partition coefficient (Wildman–Crippen LogP) is 0.256. The second kappa shape index (κ2) is 7.48. The van der Waals surface area contributed by atoms with Gasteiger partial charge in [0.2, 0.25) is 15.9 Å². The maximum absolute atomic E-state index is 12.6. The molecule has 3 rings (SSSR count). The Morgan fingerprint density at radius 3 is 2.77 bits per heavy atom. The summed E-state index contributed by atoms with van der Waals surface area (Å²) >= 11 is 0. The Balaban J connectivity index is 1.70. The fourth-order valence-corrected chi connectivity index (χ4v) is 4.55. The summed E-state index contributed by atoms with van der Waals surface area (Å²) in [5, 5.41) is 3.04. The van der Waals surface area contributed by atoms with Crippen LogP contribution in [0, 0.1) is 5.92 Å². The number of hydrogen-bond donors (Lipinski definition) is 1. The van der Waals surface area contributed by atoms with Gasteiger partial charge in [-0.2, -0.15) is 4.31 Å². The minimum absolute atomic E-state index is 0.0574. The van der Waals surface area contributed by atoms with Crippen molar-refractivity contribution >= 4 is 15.9 Å². The van der Waals surface area contributed by atoms with Gasteiger partial charge >= 0.3 is 0 Å². The van der Waals surface area contributed by atoms with Crippen molar-refractivity contribution in [2.75, 3.05) is 12.8 Å². The van der Waals surface area contributed by atoms with Crippen LogP contribution in [0.4, 0.5) is 0 Å². The highest BCUT2D eigenvalue weighted by atomic mass is 32.2. The summed E-state index contributed by atoms with van der Waals surface area (Å²) in [7, 11) is -3.31. The summed E-state index contributed by atoms with van der Waals surface area (Å²) in [4.78, 5) is 29.2. The zero-order valence-electron chi connectivity index (χ0n) is 15.3. The van der Waals surface area contributed by atoms with Crippen molar-refractivity contribution in [1.82, 2.24) is 19.2 Å². The highest BCUT2D eigenvalue weighted by molar-refractivity contribution is 7.88. The molecule has 1 amide bonds. The molecule has 1 N–H and O–H groups in total. The molecule has 2 heterocycles. The lowest BCUT2D eigenvalue weighted by molar-refractivity contribution is -0.123. The number of carbonyl (C=O) groups excluding carboxylic acids is 1. The number of sulfonamides is 1. The topological polar surface area (TPSA) is 101 Å². The van der Waals surface area contributed by atoms with Gasteiger partial charge < -0.3 is 5.32 Å². The SMILES string of the molecule is C[C@H]1CCCC[C@H]1NC(=O)Cn1cnc2c(c1=O)CCN(S(C)(=O)=O)C2. The molecule has 9 heteroatoms. The minimum atomic E-state index is -3.31. The Kier molecular flexibility index (Phi) is 5.47. The van der Waals surface area contributed by atoms with Crippen LogP contribution >= 0.6 is 0 Å². The first kappa shape index (κ1) is 19.0. The average Bonchev–Trinajstić information content (AvgIpc) is 2.58. The van der Waals surface area contributed by atoms with E-state index < -0.39 is 10.0 Å². The van der Waals surface area contributed by atoms with Crippen LogP contribution < -0.4 is 10.9 Å². The third-order valence-electron chi connectivity index (χ3n) is 5.40. The van der Waals surface area contributed by atoms with E-state index in [0.29, 0.717) is 23.6 Å². The summed E-state index contributed by atoms with van der Waals surface area (Å²) in [6, 6.07) is 0.167. The number of nitrogens with one attached hydrogen (secondary N) is 1. The summed E-state index contributed by atoms with van der Waals surface area (Å²) in [5.74, 6) is 0.272. The van der Waals surface area contributed by atoms with E-state index in [9.17, 15) is 18.0 Å². The maximum Gasteiger partial charge on any atom is 0.257 e. The van der Waals surface area contributed by atoms with Gasteiger partial charge in [-0.05, 0) is 25.2 Å². The quantitative estimate of drug-likeness (QED) is 0.805. The van der Waals surface area contributed by atoms with Gasteiger partial charge in [-0.1, -0.05) is 19.8 Å². The molecule has 144 valence electrons. The third kappa shape index (κ3) is 4.15. The lowest BCUT2D eigenvalue weighted by atomic mass is 9.86. The van der Waals surface area contributed by atoms with Crippen molar-refractivity contribution in [2.45, 2.75) is 58.2 Å². The smallest absolute Gasteiger partial charge is 0.257 e. The Morgan fingerprint density at radius 1 is 1.35 bits per heavy atom. The highest BCUT2D eigenvalue weighted by Gasteiger charge is 2.27. The maximum atomic E-state index is 12.6. The summed E-state index contributed by atoms with van der Waals surface area (Å²) < 4.78 is 26.0. The number of carbonyl (C=O) groups is 1. The zero-order chi connectivity index (χ0) is 18.9. The molecular weight excluding hydrogens is 356 g/mol. The van der Waals surface area contributed by atoms with Crippen LogP contribution in [-0.2, 0) is 34.3 Å². The average molecular weight is 382 g/mol. The molecule has 0 bridgehead atoms. The van der Waals surface area contributed by atoms with Crippen LogP contribution in [0.15, 0.2) is 11.1 Å². The molecular formula is C17H26N4O4S. The molecule has 1 aliphatic heterocycles. The lowest BCUT2D eigenvalue weighted by Crippen LogP contribution is -2.44. The number of hydrogen-bond acceptors (Lipinski definition) is 5. The molecule has 0 spiro atoms. The first-order valence-electron chi connectivity index (χ1n) is 9.07. The number of rotatable bonds is 4. The molecule has 1 aromatic rings. The Morgan fingerprint density at radius 2 is 2.08 bits per heavy atom. The monoisotopic (exact) mass is 382 g/mol. The van der Waals surface area contributed by atoms with Crippen molar-refractivity contribution in [3.63, 3.8) is 0 Å². The van der Waals surface area contributed by atoms with Gasteiger partial charge in [0.15, 0.2) is 0 Å². The molecule has 1 saturated carbocycles. The first-order valence-corrected chi connectivity index (χ1v) is 10.9. The van der Waals surface area contributed by atoms with E-state index in [2.05, 4.69) is 17.2 Å². The Hall–Kier alpha value is -1.74. The lowest BCUT2D eigenvalue weighted by Gasteiger charge is -2.29.